The van der Waals surface area contributed by atoms with Crippen molar-refractivity contribution >= 4 is 59.1 Å². The van der Waals surface area contributed by atoms with E-state index in [1.54, 1.807) is 11.3 Å². The zero-order chi connectivity index (χ0) is 12.6. The van der Waals surface area contributed by atoms with Gasteiger partial charge in [0.05, 0.1) is 0 Å². The lowest BCUT2D eigenvalue weighted by atomic mass is 10.1. The van der Waals surface area contributed by atoms with Crippen molar-refractivity contribution in [1.29, 1.82) is 0 Å². The van der Waals surface area contributed by atoms with Crippen LogP contribution in [-0.2, 0) is 0 Å². The van der Waals surface area contributed by atoms with Gasteiger partial charge in [-0.1, -0.05) is 37.9 Å². The molecule has 0 amide bonds. The molecule has 1 N–H and O–H groups in total. The van der Waals surface area contributed by atoms with Crippen molar-refractivity contribution in [1.82, 2.24) is 0 Å². The zero-order valence-electron chi connectivity index (χ0n) is 8.88. The number of benzene rings is 1. The molecule has 2 aromatic rings. The Morgan fingerprint density at radius 3 is 2.35 bits per heavy atom. The predicted molar refractivity (Wildman–Crippen MR) is 82.7 cm³/mol. The van der Waals surface area contributed by atoms with E-state index in [1.165, 1.54) is 4.88 Å². The van der Waals surface area contributed by atoms with Gasteiger partial charge in [0.25, 0.3) is 0 Å². The molecule has 2 rings (SSSR count). The monoisotopic (exact) mass is 438 g/mol. The number of aliphatic hydroxyl groups is 1. The molecule has 0 radical (unpaired) electrons. The Kier molecular flexibility index (Phi) is 4.47. The van der Waals surface area contributed by atoms with Crippen LogP contribution < -0.4 is 0 Å². The number of halogens is 3. The van der Waals surface area contributed by atoms with Crippen LogP contribution in [0.15, 0.2) is 37.7 Å². The lowest BCUT2D eigenvalue weighted by Gasteiger charge is -2.11. The molecule has 5 heteroatoms. The van der Waals surface area contributed by atoms with Crippen LogP contribution in [0, 0.1) is 6.92 Å². The quantitative estimate of drug-likeness (QED) is 0.660. The van der Waals surface area contributed by atoms with Gasteiger partial charge in [-0.15, -0.1) is 11.3 Å². The lowest BCUT2D eigenvalue weighted by Crippen LogP contribution is -1.97. The maximum Gasteiger partial charge on any atom is 0.114 e. The smallest absolute Gasteiger partial charge is 0.114 e. The van der Waals surface area contributed by atoms with Gasteiger partial charge in [0.1, 0.15) is 6.10 Å². The van der Waals surface area contributed by atoms with Gasteiger partial charge in [0.2, 0.25) is 0 Å². The van der Waals surface area contributed by atoms with Crippen molar-refractivity contribution in [2.45, 2.75) is 13.0 Å². The molecule has 0 saturated carbocycles. The number of rotatable bonds is 2. The van der Waals surface area contributed by atoms with E-state index in [1.807, 2.05) is 31.2 Å². The van der Waals surface area contributed by atoms with Gasteiger partial charge >= 0.3 is 0 Å². The molecule has 1 nitrogen and oxygen atoms in total. The Labute approximate surface area is 129 Å². The molecule has 0 fully saturated rings. The summed E-state index contributed by atoms with van der Waals surface area (Å²) in [4.78, 5) is 2.12. The van der Waals surface area contributed by atoms with E-state index >= 15 is 0 Å². The van der Waals surface area contributed by atoms with Crippen molar-refractivity contribution in [3.8, 4) is 0 Å². The normalized spacial score (nSPS) is 12.8. The summed E-state index contributed by atoms with van der Waals surface area (Å²) < 4.78 is 2.94. The average molecular weight is 441 g/mol. The van der Waals surface area contributed by atoms with Crippen LogP contribution in [0.1, 0.15) is 21.4 Å². The summed E-state index contributed by atoms with van der Waals surface area (Å²) in [7, 11) is 0. The molecule has 0 aliphatic heterocycles. The summed E-state index contributed by atoms with van der Waals surface area (Å²) in [5.41, 5.74) is 0.877. The van der Waals surface area contributed by atoms with Crippen molar-refractivity contribution < 1.29 is 5.11 Å². The molecule has 1 aromatic heterocycles. The van der Waals surface area contributed by atoms with Crippen LogP contribution in [0.25, 0.3) is 0 Å². The minimum atomic E-state index is -0.590. The third kappa shape index (κ3) is 3.01. The van der Waals surface area contributed by atoms with E-state index < -0.39 is 6.10 Å². The number of hydrogen-bond acceptors (Lipinski definition) is 2. The Hall–Kier alpha value is 0.320. The summed E-state index contributed by atoms with van der Waals surface area (Å²) >= 11 is 11.9. The third-order valence-electron chi connectivity index (χ3n) is 2.40. The standard InChI is InChI=1S/C12H9Br3OS/c1-6-9(14)5-11(17-6)12(16)8-3-2-7(13)4-10(8)15/h2-5,12,16H,1H3. The number of aryl methyl sites for hydroxylation is 1. The first-order valence-electron chi connectivity index (χ1n) is 4.88. The molecule has 0 saturated heterocycles. The van der Waals surface area contributed by atoms with Crippen molar-refractivity contribution in [3.05, 3.63) is 53.0 Å². The van der Waals surface area contributed by atoms with Crippen LogP contribution in [0.5, 0.6) is 0 Å². The van der Waals surface area contributed by atoms with E-state index in [0.29, 0.717) is 0 Å². The van der Waals surface area contributed by atoms with E-state index in [0.717, 1.165) is 23.9 Å². The van der Waals surface area contributed by atoms with E-state index in [4.69, 9.17) is 0 Å². The van der Waals surface area contributed by atoms with E-state index in [9.17, 15) is 5.11 Å². The van der Waals surface area contributed by atoms with E-state index in [2.05, 4.69) is 47.8 Å². The van der Waals surface area contributed by atoms with Gasteiger partial charge in [0.15, 0.2) is 0 Å². The first kappa shape index (κ1) is 13.7. The van der Waals surface area contributed by atoms with Crippen LogP contribution >= 0.6 is 59.1 Å². The minimum absolute atomic E-state index is 0.590. The SMILES string of the molecule is Cc1sc(C(O)c2ccc(Br)cc2Br)cc1Br. The number of aliphatic hydroxyl groups excluding tert-OH is 1. The van der Waals surface area contributed by atoms with Crippen molar-refractivity contribution in [2.75, 3.05) is 0 Å². The van der Waals surface area contributed by atoms with Gasteiger partial charge in [-0.3, -0.25) is 0 Å². The Balaban J connectivity index is 2.39. The van der Waals surface area contributed by atoms with Gasteiger partial charge in [-0.2, -0.15) is 0 Å². The summed E-state index contributed by atoms with van der Waals surface area (Å²) in [6.45, 7) is 2.03. The molecule has 1 heterocycles. The second-order valence-corrected chi connectivity index (χ2v) is 7.53. The minimum Gasteiger partial charge on any atom is -0.383 e. The molecule has 0 aliphatic carbocycles. The highest BCUT2D eigenvalue weighted by Gasteiger charge is 2.17. The van der Waals surface area contributed by atoms with Gasteiger partial charge in [0, 0.05) is 28.7 Å². The maximum absolute atomic E-state index is 10.3. The first-order valence-corrected chi connectivity index (χ1v) is 8.07. The fraction of sp³-hybridized carbons (Fsp3) is 0.167. The van der Waals surface area contributed by atoms with Crippen LogP contribution in [0.3, 0.4) is 0 Å². The summed E-state index contributed by atoms with van der Waals surface area (Å²) in [6.07, 6.45) is -0.590. The van der Waals surface area contributed by atoms with E-state index in [-0.39, 0.29) is 0 Å². The molecule has 0 aliphatic rings. The summed E-state index contributed by atoms with van der Waals surface area (Å²) in [6, 6.07) is 7.76. The lowest BCUT2D eigenvalue weighted by molar-refractivity contribution is 0.223. The van der Waals surface area contributed by atoms with Gasteiger partial charge in [-0.05, 0) is 41.1 Å². The highest BCUT2D eigenvalue weighted by molar-refractivity contribution is 9.11. The molecule has 1 atom stereocenters. The second-order valence-electron chi connectivity index (χ2n) is 3.62. The highest BCUT2D eigenvalue weighted by atomic mass is 79.9. The number of thiophene rings is 1. The molecule has 0 spiro atoms. The first-order chi connectivity index (χ1) is 7.99. The average Bonchev–Trinajstić information content (AvgIpc) is 2.58. The molecular weight excluding hydrogens is 432 g/mol. The maximum atomic E-state index is 10.3. The second kappa shape index (κ2) is 5.53. The van der Waals surface area contributed by atoms with Gasteiger partial charge < -0.3 is 5.11 Å². The fourth-order valence-corrected chi connectivity index (χ4v) is 4.32. The Bertz CT molecular complexity index is 531. The van der Waals surface area contributed by atoms with Crippen LogP contribution in [0.4, 0.5) is 0 Å². The topological polar surface area (TPSA) is 20.2 Å². The third-order valence-corrected chi connectivity index (χ3v) is 5.77. The molecule has 1 aromatic carbocycles. The largest absolute Gasteiger partial charge is 0.383 e. The molecular formula is C12H9Br3OS. The predicted octanol–water partition coefficient (Wildman–Crippen LogP) is 5.43. The molecule has 0 bridgehead atoms. The Morgan fingerprint density at radius 1 is 1.12 bits per heavy atom. The molecule has 90 valence electrons. The van der Waals surface area contributed by atoms with Crippen molar-refractivity contribution in [2.24, 2.45) is 0 Å². The van der Waals surface area contributed by atoms with Crippen molar-refractivity contribution in [3.63, 3.8) is 0 Å². The van der Waals surface area contributed by atoms with Crippen LogP contribution in [-0.4, -0.2) is 5.11 Å². The van der Waals surface area contributed by atoms with Gasteiger partial charge in [-0.25, -0.2) is 0 Å². The summed E-state index contributed by atoms with van der Waals surface area (Å²) in [5, 5.41) is 10.3. The fourth-order valence-electron chi connectivity index (χ4n) is 1.49. The molecule has 1 unspecified atom stereocenters. The Morgan fingerprint density at radius 2 is 1.82 bits per heavy atom. The highest BCUT2D eigenvalue weighted by Crippen LogP contribution is 2.36. The number of hydrogen-bond donors (Lipinski definition) is 1. The summed E-state index contributed by atoms with van der Waals surface area (Å²) in [5.74, 6) is 0. The molecule has 17 heavy (non-hydrogen) atoms. The van der Waals surface area contributed by atoms with Crippen LogP contribution in [0.2, 0.25) is 0 Å². The zero-order valence-corrected chi connectivity index (χ0v) is 14.5.